The quantitative estimate of drug-likeness (QED) is 0.333. The van der Waals surface area contributed by atoms with Gasteiger partial charge in [-0.2, -0.15) is 0 Å². The summed E-state index contributed by atoms with van der Waals surface area (Å²) in [5.41, 5.74) is 3.58. The molecule has 1 aromatic heterocycles. The molecule has 0 aliphatic carbocycles. The van der Waals surface area contributed by atoms with Gasteiger partial charge in [-0.15, -0.1) is 24.8 Å². The summed E-state index contributed by atoms with van der Waals surface area (Å²) >= 11 is 0. The monoisotopic (exact) mass is 564 g/mol. The van der Waals surface area contributed by atoms with Crippen molar-refractivity contribution in [3.63, 3.8) is 0 Å². The lowest BCUT2D eigenvalue weighted by Crippen LogP contribution is -2.55. The zero-order valence-electron chi connectivity index (χ0n) is 22.2. The number of benzene rings is 2. The molecule has 0 saturated carbocycles. The third-order valence-corrected chi connectivity index (χ3v) is 6.60. The molecule has 4 rings (SSSR count). The highest BCUT2D eigenvalue weighted by atomic mass is 35.5. The van der Waals surface area contributed by atoms with Crippen molar-refractivity contribution in [3.05, 3.63) is 59.8 Å². The summed E-state index contributed by atoms with van der Waals surface area (Å²) in [6, 6.07) is 12.7. The number of hydrogen-bond acceptors (Lipinski definition) is 5. The number of para-hydroxylation sites is 1. The Labute approximate surface area is 236 Å². The zero-order chi connectivity index (χ0) is 25.7. The molecule has 38 heavy (non-hydrogen) atoms. The maximum Gasteiger partial charge on any atom is 0.318 e. The highest BCUT2D eigenvalue weighted by Gasteiger charge is 2.32. The van der Waals surface area contributed by atoms with Crippen LogP contribution in [0, 0.1) is 0 Å². The lowest BCUT2D eigenvalue weighted by molar-refractivity contribution is -0.118. The third kappa shape index (κ3) is 7.32. The first kappa shape index (κ1) is 31.2. The number of aromatic nitrogens is 1. The number of piperazine rings is 1. The lowest BCUT2D eigenvalue weighted by Gasteiger charge is -2.31. The summed E-state index contributed by atoms with van der Waals surface area (Å²) in [7, 11) is 5.56. The number of urea groups is 1. The summed E-state index contributed by atoms with van der Waals surface area (Å²) in [5.74, 6) is -0.0154. The van der Waals surface area contributed by atoms with Crippen LogP contribution >= 0.6 is 24.8 Å². The largest absolute Gasteiger partial charge is 0.495 e. The second-order valence-electron chi connectivity index (χ2n) is 9.50. The molecule has 0 unspecified atom stereocenters. The van der Waals surface area contributed by atoms with Gasteiger partial charge in [0.25, 0.3) is 0 Å². The molecule has 4 N–H and O–H groups in total. The first-order valence-corrected chi connectivity index (χ1v) is 12.3. The molecule has 3 amide bonds. The van der Waals surface area contributed by atoms with Crippen LogP contribution in [0.15, 0.2) is 48.7 Å². The maximum atomic E-state index is 13.8. The number of nitrogens with one attached hydrogen (secondary N) is 4. The van der Waals surface area contributed by atoms with E-state index in [1.807, 2.05) is 69.7 Å². The molecule has 1 aliphatic rings. The predicted octanol–water partition coefficient (Wildman–Crippen LogP) is 3.81. The number of anilines is 1. The van der Waals surface area contributed by atoms with Gasteiger partial charge in [0.15, 0.2) is 0 Å². The molecular weight excluding hydrogens is 527 g/mol. The number of ether oxygens (including phenoxy) is 1. The van der Waals surface area contributed by atoms with E-state index in [-0.39, 0.29) is 42.7 Å². The van der Waals surface area contributed by atoms with Gasteiger partial charge < -0.3 is 35.5 Å². The van der Waals surface area contributed by atoms with E-state index in [2.05, 4.69) is 25.8 Å². The van der Waals surface area contributed by atoms with Gasteiger partial charge in [-0.25, -0.2) is 4.79 Å². The summed E-state index contributed by atoms with van der Waals surface area (Å²) in [6.45, 7) is 5.36. The molecule has 0 radical (unpaired) electrons. The van der Waals surface area contributed by atoms with Crippen LogP contribution < -0.4 is 20.7 Å². The molecule has 208 valence electrons. The molecule has 9 nitrogen and oxygen atoms in total. The summed E-state index contributed by atoms with van der Waals surface area (Å²) in [6.07, 6.45) is 1.92. The summed E-state index contributed by atoms with van der Waals surface area (Å²) in [4.78, 5) is 34.0. The summed E-state index contributed by atoms with van der Waals surface area (Å²) < 4.78 is 5.52. The van der Waals surface area contributed by atoms with Crippen LogP contribution in [0.3, 0.4) is 0 Å². The molecule has 2 aromatic carbocycles. The topological polar surface area (TPSA) is 102 Å². The number of carbonyl (C=O) groups excluding carboxylic acids is 2. The Balaban J connectivity index is 0.00000253. The van der Waals surface area contributed by atoms with Gasteiger partial charge in [0, 0.05) is 55.7 Å². The minimum atomic E-state index is -0.797. The number of halogens is 2. The van der Waals surface area contributed by atoms with E-state index in [0.29, 0.717) is 24.5 Å². The number of methoxy groups -OCH3 is 1. The standard InChI is InChI=1S/C27H36N6O3.2ClH/c1-18(21-16-29-22-8-6-5-7-20(21)22)25(31-27(35)33-13-11-28-12-14-33)26(34)30-23-15-19(17-32(2)3)9-10-24(23)36-4;;/h5-10,15-16,18,25,28-29H,11-14,17H2,1-4H3,(H,30,34)(H,31,35);2*1H/t18-,25-;;/m1../s1. The highest BCUT2D eigenvalue weighted by molar-refractivity contribution is 5.99. The second kappa shape index (κ2) is 14.2. The Bertz CT molecular complexity index is 1210. The highest BCUT2D eigenvalue weighted by Crippen LogP contribution is 2.30. The van der Waals surface area contributed by atoms with E-state index in [4.69, 9.17) is 4.74 Å². The van der Waals surface area contributed by atoms with E-state index in [9.17, 15) is 9.59 Å². The van der Waals surface area contributed by atoms with Crippen molar-refractivity contribution in [2.24, 2.45) is 0 Å². The van der Waals surface area contributed by atoms with Crippen molar-refractivity contribution in [1.29, 1.82) is 0 Å². The first-order chi connectivity index (χ1) is 17.4. The average Bonchev–Trinajstić information content (AvgIpc) is 3.31. The van der Waals surface area contributed by atoms with Crippen LogP contribution in [0.2, 0.25) is 0 Å². The Kier molecular flexibility index (Phi) is 11.7. The van der Waals surface area contributed by atoms with E-state index in [0.717, 1.165) is 41.7 Å². The van der Waals surface area contributed by atoms with Gasteiger partial charge in [-0.3, -0.25) is 4.79 Å². The predicted molar refractivity (Wildman–Crippen MR) is 157 cm³/mol. The Morgan fingerprint density at radius 2 is 1.82 bits per heavy atom. The molecule has 0 bridgehead atoms. The van der Waals surface area contributed by atoms with E-state index in [1.165, 1.54) is 0 Å². The Hall–Kier alpha value is -2.98. The van der Waals surface area contributed by atoms with Crippen LogP contribution in [0.5, 0.6) is 5.75 Å². The number of H-pyrrole nitrogens is 1. The zero-order valence-corrected chi connectivity index (χ0v) is 23.9. The second-order valence-corrected chi connectivity index (χ2v) is 9.50. The minimum Gasteiger partial charge on any atom is -0.495 e. The molecule has 1 aliphatic heterocycles. The number of carbonyl (C=O) groups is 2. The molecule has 11 heteroatoms. The molecule has 2 heterocycles. The van der Waals surface area contributed by atoms with Gasteiger partial charge in [0.2, 0.25) is 5.91 Å². The number of nitrogens with zero attached hydrogens (tertiary/aromatic N) is 2. The van der Waals surface area contributed by atoms with Crippen molar-refractivity contribution >= 4 is 53.3 Å². The number of aromatic amines is 1. The Morgan fingerprint density at radius 1 is 1.11 bits per heavy atom. The van der Waals surface area contributed by atoms with E-state index in [1.54, 1.807) is 12.0 Å². The van der Waals surface area contributed by atoms with Gasteiger partial charge in [-0.1, -0.05) is 31.2 Å². The first-order valence-electron chi connectivity index (χ1n) is 12.3. The number of hydrogen-bond donors (Lipinski definition) is 4. The van der Waals surface area contributed by atoms with Crippen molar-refractivity contribution in [1.82, 2.24) is 25.4 Å². The van der Waals surface area contributed by atoms with Crippen molar-refractivity contribution in [3.8, 4) is 5.75 Å². The SMILES string of the molecule is COc1ccc(CN(C)C)cc1NC(=O)[C@H](NC(=O)N1CCNCC1)[C@H](C)c1c[nH]c2ccccc12.Cl.Cl. The van der Waals surface area contributed by atoms with Crippen LogP contribution in [0.25, 0.3) is 10.9 Å². The fourth-order valence-electron chi connectivity index (χ4n) is 4.69. The lowest BCUT2D eigenvalue weighted by atomic mass is 9.92. The van der Waals surface area contributed by atoms with Gasteiger partial charge in [0.05, 0.1) is 12.8 Å². The number of fused-ring (bicyclic) bond motifs is 1. The fraction of sp³-hybridized carbons (Fsp3) is 0.407. The van der Waals surface area contributed by atoms with Gasteiger partial charge in [-0.05, 0) is 43.4 Å². The van der Waals surface area contributed by atoms with Gasteiger partial charge >= 0.3 is 6.03 Å². The molecule has 2 atom stereocenters. The van der Waals surface area contributed by atoms with Crippen LogP contribution in [-0.4, -0.2) is 80.1 Å². The minimum absolute atomic E-state index is 0. The average molecular weight is 566 g/mol. The molecule has 0 spiro atoms. The summed E-state index contributed by atoms with van der Waals surface area (Å²) in [5, 5.41) is 10.3. The molecular formula is C27H38Cl2N6O3. The Morgan fingerprint density at radius 3 is 2.50 bits per heavy atom. The van der Waals surface area contributed by atoms with Crippen molar-refractivity contribution in [2.75, 3.05) is 52.7 Å². The van der Waals surface area contributed by atoms with E-state index >= 15 is 0 Å². The van der Waals surface area contributed by atoms with Gasteiger partial charge in [0.1, 0.15) is 11.8 Å². The fourth-order valence-corrected chi connectivity index (χ4v) is 4.69. The molecule has 1 saturated heterocycles. The smallest absolute Gasteiger partial charge is 0.318 e. The molecule has 1 fully saturated rings. The van der Waals surface area contributed by atoms with Crippen molar-refractivity contribution < 1.29 is 14.3 Å². The maximum absolute atomic E-state index is 13.8. The number of rotatable bonds is 8. The normalized spacial score (nSPS) is 14.7. The molecule has 3 aromatic rings. The van der Waals surface area contributed by atoms with Crippen LogP contribution in [0.1, 0.15) is 24.0 Å². The third-order valence-electron chi connectivity index (χ3n) is 6.60. The van der Waals surface area contributed by atoms with Crippen LogP contribution in [0.4, 0.5) is 10.5 Å². The van der Waals surface area contributed by atoms with Crippen LogP contribution in [-0.2, 0) is 11.3 Å². The van der Waals surface area contributed by atoms with E-state index < -0.39 is 6.04 Å². The van der Waals surface area contributed by atoms with Crippen molar-refractivity contribution in [2.45, 2.75) is 25.4 Å². The number of amides is 3.